The molecule has 2 atom stereocenters. The van der Waals surface area contributed by atoms with Gasteiger partial charge >= 0.3 is 0 Å². The number of rotatable bonds is 6. The first-order valence-electron chi connectivity index (χ1n) is 3.33. The fraction of sp³-hybridized carbons (Fsp3) is 0.667. The van der Waals surface area contributed by atoms with Gasteiger partial charge in [-0.1, -0.05) is 0 Å². The van der Waals surface area contributed by atoms with Crippen molar-refractivity contribution in [1.82, 2.24) is 5.32 Å². The average Bonchev–Trinajstić information content (AvgIpc) is 2.04. The summed E-state index contributed by atoms with van der Waals surface area (Å²) in [6, 6.07) is -1.04. The van der Waals surface area contributed by atoms with Gasteiger partial charge in [-0.05, 0) is 0 Å². The van der Waals surface area contributed by atoms with E-state index in [0.29, 0.717) is 25.7 Å². The maximum atomic E-state index is 9.98. The van der Waals surface area contributed by atoms with Crippen LogP contribution < -0.4 is 16.8 Å². The molecule has 0 rings (SSSR count). The minimum Gasteiger partial charge on any atom is -0.321 e. The van der Waals surface area contributed by atoms with Crippen LogP contribution in [-0.4, -0.2) is 37.7 Å². The van der Waals surface area contributed by atoms with Crippen molar-refractivity contribution in [2.45, 2.75) is 12.1 Å². The summed E-state index contributed by atoms with van der Waals surface area (Å²) in [4.78, 5) is 20.0. The Morgan fingerprint density at radius 1 is 1.09 bits per heavy atom. The van der Waals surface area contributed by atoms with Crippen LogP contribution in [0.3, 0.4) is 0 Å². The van der Waals surface area contributed by atoms with Crippen LogP contribution in [0.15, 0.2) is 0 Å². The third-order valence-corrected chi connectivity index (χ3v) is 1.11. The molecule has 0 unspecified atom stereocenters. The number of carbonyl (C=O) groups is 2. The largest absolute Gasteiger partial charge is 0.321 e. The van der Waals surface area contributed by atoms with E-state index in [1.165, 1.54) is 0 Å². The molecule has 0 bridgehead atoms. The Labute approximate surface area is 65.1 Å². The van der Waals surface area contributed by atoms with Gasteiger partial charge in [0.2, 0.25) is 0 Å². The molecule has 0 aliphatic heterocycles. The first-order valence-corrected chi connectivity index (χ1v) is 3.33. The lowest BCUT2D eigenvalue weighted by molar-refractivity contribution is -0.109. The summed E-state index contributed by atoms with van der Waals surface area (Å²) in [6.07, 6.45) is 1.28. The zero-order valence-corrected chi connectivity index (χ0v) is 6.19. The molecule has 0 aliphatic rings. The van der Waals surface area contributed by atoms with Crippen LogP contribution in [0, 0.1) is 0 Å². The molecule has 0 saturated carbocycles. The molecule has 0 heterocycles. The fourth-order valence-corrected chi connectivity index (χ4v) is 0.513. The van der Waals surface area contributed by atoms with E-state index >= 15 is 0 Å². The normalized spacial score (nSPS) is 15.5. The molecule has 11 heavy (non-hydrogen) atoms. The minimum atomic E-state index is -0.520. The van der Waals surface area contributed by atoms with Crippen LogP contribution in [0.4, 0.5) is 0 Å². The first-order chi connectivity index (χ1) is 5.20. The van der Waals surface area contributed by atoms with E-state index in [0.717, 1.165) is 0 Å². The summed E-state index contributed by atoms with van der Waals surface area (Å²) in [7, 11) is 0. The van der Waals surface area contributed by atoms with E-state index in [-0.39, 0.29) is 0 Å². The smallest absolute Gasteiger partial charge is 0.137 e. The molecule has 5 N–H and O–H groups in total. The summed E-state index contributed by atoms with van der Waals surface area (Å²) in [6.45, 7) is 0.704. The molecule has 0 radical (unpaired) electrons. The molecule has 5 nitrogen and oxygen atoms in total. The van der Waals surface area contributed by atoms with Crippen molar-refractivity contribution < 1.29 is 9.59 Å². The third kappa shape index (κ3) is 5.65. The van der Waals surface area contributed by atoms with Crippen molar-refractivity contribution >= 4 is 12.6 Å². The maximum absolute atomic E-state index is 9.98. The lowest BCUT2D eigenvalue weighted by Gasteiger charge is -2.07. The minimum absolute atomic E-state index is 0.352. The Balaban J connectivity index is 3.26. The monoisotopic (exact) mass is 159 g/mol. The molecule has 0 fully saturated rings. The molecular formula is C6H13N3O2. The summed E-state index contributed by atoms with van der Waals surface area (Å²) < 4.78 is 0. The predicted molar refractivity (Wildman–Crippen MR) is 40.9 cm³/mol. The van der Waals surface area contributed by atoms with E-state index in [9.17, 15) is 9.59 Å². The van der Waals surface area contributed by atoms with Crippen LogP contribution in [0.1, 0.15) is 0 Å². The van der Waals surface area contributed by atoms with Gasteiger partial charge in [-0.25, -0.2) is 0 Å². The first kappa shape index (κ1) is 10.2. The zero-order valence-electron chi connectivity index (χ0n) is 6.19. The van der Waals surface area contributed by atoms with Gasteiger partial charge in [-0.2, -0.15) is 0 Å². The molecule has 0 amide bonds. The standard InChI is InChI=1S/C6H13N3O2/c7-5(3-10)1-9-2-6(8)4-11/h3-6,9H,1-2,7-8H2/t5-,6-/m0/s1. The number of hydrogen-bond donors (Lipinski definition) is 3. The molecule has 5 heteroatoms. The predicted octanol–water partition coefficient (Wildman–Crippen LogP) is -2.37. The van der Waals surface area contributed by atoms with Gasteiger partial charge in [0, 0.05) is 13.1 Å². The van der Waals surface area contributed by atoms with Crippen molar-refractivity contribution in [3.8, 4) is 0 Å². The molecule has 0 spiro atoms. The second-order valence-electron chi connectivity index (χ2n) is 2.26. The third-order valence-electron chi connectivity index (χ3n) is 1.11. The zero-order chi connectivity index (χ0) is 8.69. The Morgan fingerprint density at radius 3 is 1.73 bits per heavy atom. The van der Waals surface area contributed by atoms with Crippen LogP contribution in [-0.2, 0) is 9.59 Å². The highest BCUT2D eigenvalue weighted by atomic mass is 16.1. The molecule has 0 aromatic rings. The lowest BCUT2D eigenvalue weighted by atomic mass is 10.3. The van der Waals surface area contributed by atoms with E-state index in [1.54, 1.807) is 0 Å². The van der Waals surface area contributed by atoms with E-state index in [1.807, 2.05) is 0 Å². The number of nitrogens with two attached hydrogens (primary N) is 2. The molecule has 64 valence electrons. The van der Waals surface area contributed by atoms with E-state index in [4.69, 9.17) is 11.5 Å². The topological polar surface area (TPSA) is 98.2 Å². The van der Waals surface area contributed by atoms with Crippen molar-refractivity contribution in [3.63, 3.8) is 0 Å². The van der Waals surface area contributed by atoms with Gasteiger partial charge < -0.3 is 26.4 Å². The second-order valence-corrected chi connectivity index (χ2v) is 2.26. The Hall–Kier alpha value is -0.780. The van der Waals surface area contributed by atoms with Crippen molar-refractivity contribution in [3.05, 3.63) is 0 Å². The highest BCUT2D eigenvalue weighted by Gasteiger charge is 2.01. The average molecular weight is 159 g/mol. The van der Waals surface area contributed by atoms with Gasteiger partial charge in [0.1, 0.15) is 12.6 Å². The lowest BCUT2D eigenvalue weighted by Crippen LogP contribution is -2.41. The van der Waals surface area contributed by atoms with Gasteiger partial charge in [-0.3, -0.25) is 0 Å². The van der Waals surface area contributed by atoms with Crippen LogP contribution >= 0.6 is 0 Å². The van der Waals surface area contributed by atoms with Gasteiger partial charge in [0.05, 0.1) is 12.1 Å². The van der Waals surface area contributed by atoms with E-state index < -0.39 is 12.1 Å². The van der Waals surface area contributed by atoms with Gasteiger partial charge in [-0.15, -0.1) is 0 Å². The number of aldehydes is 2. The highest BCUT2D eigenvalue weighted by Crippen LogP contribution is 1.70. The van der Waals surface area contributed by atoms with Crippen molar-refractivity contribution in [2.75, 3.05) is 13.1 Å². The Morgan fingerprint density at radius 2 is 1.45 bits per heavy atom. The maximum Gasteiger partial charge on any atom is 0.137 e. The van der Waals surface area contributed by atoms with Crippen molar-refractivity contribution in [1.29, 1.82) is 0 Å². The van der Waals surface area contributed by atoms with Gasteiger partial charge in [0.25, 0.3) is 0 Å². The molecule has 0 saturated heterocycles. The summed E-state index contributed by atoms with van der Waals surface area (Å²) >= 11 is 0. The van der Waals surface area contributed by atoms with Crippen LogP contribution in [0.5, 0.6) is 0 Å². The summed E-state index contributed by atoms with van der Waals surface area (Å²) in [5.74, 6) is 0. The van der Waals surface area contributed by atoms with Crippen LogP contribution in [0.25, 0.3) is 0 Å². The van der Waals surface area contributed by atoms with Gasteiger partial charge in [0.15, 0.2) is 0 Å². The number of hydrogen-bond acceptors (Lipinski definition) is 5. The van der Waals surface area contributed by atoms with E-state index in [2.05, 4.69) is 5.32 Å². The summed E-state index contributed by atoms with van der Waals surface area (Å²) in [5.41, 5.74) is 10.5. The van der Waals surface area contributed by atoms with Crippen molar-refractivity contribution in [2.24, 2.45) is 11.5 Å². The quantitative estimate of drug-likeness (QED) is 0.376. The van der Waals surface area contributed by atoms with Crippen LogP contribution in [0.2, 0.25) is 0 Å². The summed E-state index contributed by atoms with van der Waals surface area (Å²) in [5, 5.41) is 2.77. The molecule has 0 aromatic heterocycles. The Kier molecular flexibility index (Phi) is 5.54. The Bertz CT molecular complexity index is 115. The molecule has 0 aromatic carbocycles. The SMILES string of the molecule is N[C@H](C=O)CNC[C@H](N)C=O. The highest BCUT2D eigenvalue weighted by molar-refractivity contribution is 5.58. The number of carbonyl (C=O) groups excluding carboxylic acids is 2. The fourth-order valence-electron chi connectivity index (χ4n) is 0.513. The molecular weight excluding hydrogens is 146 g/mol. The number of nitrogens with one attached hydrogen (secondary N) is 1. The molecule has 0 aliphatic carbocycles. The second kappa shape index (κ2) is 5.96.